The molecule has 3 heteroatoms. The molecule has 0 aliphatic rings. The molecule has 0 spiro atoms. The second-order valence-electron chi connectivity index (χ2n) is 4.10. The molecule has 0 bridgehead atoms. The lowest BCUT2D eigenvalue weighted by molar-refractivity contribution is 0.199. The van der Waals surface area contributed by atoms with Gasteiger partial charge in [-0.15, -0.1) is 0 Å². The van der Waals surface area contributed by atoms with Crippen molar-refractivity contribution in [2.45, 2.75) is 39.7 Å². The van der Waals surface area contributed by atoms with Crippen LogP contribution in [0.2, 0.25) is 0 Å². The number of hydrogen-bond donors (Lipinski definition) is 1. The Bertz CT molecular complexity index is 149. The van der Waals surface area contributed by atoms with Gasteiger partial charge in [0.2, 0.25) is 0 Å². The van der Waals surface area contributed by atoms with Crippen LogP contribution in [0.15, 0.2) is 0 Å². The lowest BCUT2D eigenvalue weighted by atomic mass is 10.1. The average molecular weight is 172 g/mol. The van der Waals surface area contributed by atoms with Crippen molar-refractivity contribution in [3.8, 4) is 0 Å². The van der Waals surface area contributed by atoms with Gasteiger partial charge in [0.15, 0.2) is 0 Å². The van der Waals surface area contributed by atoms with Crippen molar-refractivity contribution in [2.75, 3.05) is 13.6 Å². The highest BCUT2D eigenvalue weighted by molar-refractivity contribution is 5.74. The first-order valence-electron chi connectivity index (χ1n) is 4.40. The molecule has 0 fully saturated rings. The van der Waals surface area contributed by atoms with Crippen molar-refractivity contribution in [3.63, 3.8) is 0 Å². The molecule has 2 amide bonds. The van der Waals surface area contributed by atoms with Gasteiger partial charge in [0, 0.05) is 19.1 Å². The molecule has 0 heterocycles. The van der Waals surface area contributed by atoms with E-state index >= 15 is 0 Å². The average Bonchev–Trinajstić information content (AvgIpc) is 1.84. The Morgan fingerprint density at radius 3 is 2.25 bits per heavy atom. The molecular weight excluding hydrogens is 152 g/mol. The van der Waals surface area contributed by atoms with Gasteiger partial charge in [-0.05, 0) is 27.2 Å². The van der Waals surface area contributed by atoms with E-state index in [-0.39, 0.29) is 11.6 Å². The Balaban J connectivity index is 3.87. The Labute approximate surface area is 75.1 Å². The van der Waals surface area contributed by atoms with Gasteiger partial charge in [-0.25, -0.2) is 4.79 Å². The van der Waals surface area contributed by atoms with Crippen molar-refractivity contribution in [2.24, 2.45) is 0 Å². The van der Waals surface area contributed by atoms with Crippen molar-refractivity contribution in [1.29, 1.82) is 0 Å². The molecule has 0 radical (unpaired) electrons. The number of rotatable bonds is 2. The van der Waals surface area contributed by atoms with E-state index in [9.17, 15) is 4.79 Å². The first-order valence-corrected chi connectivity index (χ1v) is 4.40. The van der Waals surface area contributed by atoms with Gasteiger partial charge >= 0.3 is 6.03 Å². The van der Waals surface area contributed by atoms with Crippen molar-refractivity contribution >= 4 is 6.03 Å². The Morgan fingerprint density at radius 1 is 1.42 bits per heavy atom. The topological polar surface area (TPSA) is 32.3 Å². The summed E-state index contributed by atoms with van der Waals surface area (Å²) in [6.07, 6.45) is 0.994. The highest BCUT2D eigenvalue weighted by atomic mass is 16.2. The maximum atomic E-state index is 11.4. The largest absolute Gasteiger partial charge is 0.333 e. The number of hydrogen-bond acceptors (Lipinski definition) is 1. The number of carbonyl (C=O) groups is 1. The SMILES string of the molecule is CCCN(C)C(=O)NC(C)(C)C. The van der Waals surface area contributed by atoms with Gasteiger partial charge < -0.3 is 10.2 Å². The summed E-state index contributed by atoms with van der Waals surface area (Å²) in [5.41, 5.74) is -0.140. The van der Waals surface area contributed by atoms with Crippen LogP contribution in [0.3, 0.4) is 0 Å². The van der Waals surface area contributed by atoms with Gasteiger partial charge in [0.05, 0.1) is 0 Å². The molecular formula is C9H20N2O. The highest BCUT2D eigenvalue weighted by Crippen LogP contribution is 2.00. The third-order valence-corrected chi connectivity index (χ3v) is 1.39. The van der Waals surface area contributed by atoms with E-state index < -0.39 is 0 Å². The number of nitrogens with one attached hydrogen (secondary N) is 1. The predicted molar refractivity (Wildman–Crippen MR) is 51.2 cm³/mol. The molecule has 0 aliphatic heterocycles. The van der Waals surface area contributed by atoms with E-state index in [1.54, 1.807) is 4.90 Å². The maximum absolute atomic E-state index is 11.4. The normalized spacial score (nSPS) is 11.1. The van der Waals surface area contributed by atoms with Crippen LogP contribution in [0.1, 0.15) is 34.1 Å². The summed E-state index contributed by atoms with van der Waals surface area (Å²) in [6, 6.07) is 0.00403. The smallest absolute Gasteiger partial charge is 0.317 e. The Morgan fingerprint density at radius 2 is 1.92 bits per heavy atom. The summed E-state index contributed by atoms with van der Waals surface area (Å²) < 4.78 is 0. The van der Waals surface area contributed by atoms with Gasteiger partial charge in [-0.3, -0.25) is 0 Å². The zero-order valence-electron chi connectivity index (χ0n) is 8.77. The minimum absolute atomic E-state index is 0.00403. The van der Waals surface area contributed by atoms with Crippen molar-refractivity contribution in [3.05, 3.63) is 0 Å². The van der Waals surface area contributed by atoms with Crippen LogP contribution in [0.25, 0.3) is 0 Å². The second kappa shape index (κ2) is 4.33. The molecule has 0 atom stereocenters. The number of nitrogens with zero attached hydrogens (tertiary/aromatic N) is 1. The lowest BCUT2D eigenvalue weighted by Crippen LogP contribution is -2.47. The molecule has 0 rings (SSSR count). The van der Waals surface area contributed by atoms with Gasteiger partial charge in [-0.2, -0.15) is 0 Å². The lowest BCUT2D eigenvalue weighted by Gasteiger charge is -2.25. The van der Waals surface area contributed by atoms with E-state index in [1.165, 1.54) is 0 Å². The van der Waals surface area contributed by atoms with Gasteiger partial charge in [-0.1, -0.05) is 6.92 Å². The van der Waals surface area contributed by atoms with Gasteiger partial charge in [0.25, 0.3) is 0 Å². The molecule has 0 aromatic rings. The third-order valence-electron chi connectivity index (χ3n) is 1.39. The van der Waals surface area contributed by atoms with E-state index in [4.69, 9.17) is 0 Å². The van der Waals surface area contributed by atoms with Gasteiger partial charge in [0.1, 0.15) is 0 Å². The molecule has 0 saturated carbocycles. The summed E-state index contributed by atoms with van der Waals surface area (Å²) in [6.45, 7) is 8.79. The number of amides is 2. The first-order chi connectivity index (χ1) is 5.37. The van der Waals surface area contributed by atoms with Crippen molar-refractivity contribution in [1.82, 2.24) is 10.2 Å². The Kier molecular flexibility index (Phi) is 4.07. The van der Waals surface area contributed by atoms with E-state index in [0.29, 0.717) is 0 Å². The summed E-state index contributed by atoms with van der Waals surface area (Å²) in [5, 5.41) is 2.89. The quantitative estimate of drug-likeness (QED) is 0.677. The molecule has 72 valence electrons. The molecule has 1 N–H and O–H groups in total. The van der Waals surface area contributed by atoms with Crippen LogP contribution in [0.5, 0.6) is 0 Å². The molecule has 12 heavy (non-hydrogen) atoms. The van der Waals surface area contributed by atoms with Crippen LogP contribution in [-0.4, -0.2) is 30.1 Å². The highest BCUT2D eigenvalue weighted by Gasteiger charge is 2.15. The molecule has 0 aliphatic carbocycles. The number of urea groups is 1. The standard InChI is InChI=1S/C9H20N2O/c1-6-7-11(5)8(12)10-9(2,3)4/h6-7H2,1-5H3,(H,10,12). The molecule has 0 aromatic carbocycles. The predicted octanol–water partition coefficient (Wildman–Crippen LogP) is 1.84. The summed E-state index contributed by atoms with van der Waals surface area (Å²) in [7, 11) is 1.81. The molecule has 0 unspecified atom stereocenters. The fourth-order valence-corrected chi connectivity index (χ4v) is 0.853. The Hall–Kier alpha value is -0.730. The fourth-order valence-electron chi connectivity index (χ4n) is 0.853. The van der Waals surface area contributed by atoms with E-state index in [0.717, 1.165) is 13.0 Å². The molecule has 3 nitrogen and oxygen atoms in total. The minimum Gasteiger partial charge on any atom is -0.333 e. The maximum Gasteiger partial charge on any atom is 0.317 e. The second-order valence-corrected chi connectivity index (χ2v) is 4.10. The van der Waals surface area contributed by atoms with Crippen LogP contribution in [-0.2, 0) is 0 Å². The van der Waals surface area contributed by atoms with Crippen molar-refractivity contribution < 1.29 is 4.79 Å². The fraction of sp³-hybridized carbons (Fsp3) is 0.889. The van der Waals surface area contributed by atoms with E-state index in [2.05, 4.69) is 12.2 Å². The van der Waals surface area contributed by atoms with Crippen LogP contribution >= 0.6 is 0 Å². The third kappa shape index (κ3) is 4.99. The van der Waals surface area contributed by atoms with E-state index in [1.807, 2.05) is 27.8 Å². The van der Waals surface area contributed by atoms with Crippen LogP contribution < -0.4 is 5.32 Å². The zero-order chi connectivity index (χ0) is 9.78. The molecule has 0 saturated heterocycles. The summed E-state index contributed by atoms with van der Waals surface area (Å²) >= 11 is 0. The first kappa shape index (κ1) is 11.3. The number of carbonyl (C=O) groups excluding carboxylic acids is 1. The minimum atomic E-state index is -0.140. The van der Waals surface area contributed by atoms with Crippen LogP contribution in [0, 0.1) is 0 Å². The summed E-state index contributed by atoms with van der Waals surface area (Å²) in [4.78, 5) is 13.1. The zero-order valence-corrected chi connectivity index (χ0v) is 8.77. The van der Waals surface area contributed by atoms with Crippen LogP contribution in [0.4, 0.5) is 4.79 Å². The molecule has 0 aromatic heterocycles. The monoisotopic (exact) mass is 172 g/mol. The summed E-state index contributed by atoms with van der Waals surface area (Å²) in [5.74, 6) is 0.